The van der Waals surface area contributed by atoms with Crippen LogP contribution in [-0.2, 0) is 6.42 Å². The van der Waals surface area contributed by atoms with E-state index in [1.165, 1.54) is 45.8 Å². The maximum Gasteiger partial charge on any atom is 0.128 e. The zero-order chi connectivity index (χ0) is 17.6. The van der Waals surface area contributed by atoms with Gasteiger partial charge in [-0.3, -0.25) is 0 Å². The number of nitrogens with one attached hydrogen (secondary N) is 1. The Kier molecular flexibility index (Phi) is 4.02. The van der Waals surface area contributed by atoms with Gasteiger partial charge >= 0.3 is 0 Å². The summed E-state index contributed by atoms with van der Waals surface area (Å²) in [6.07, 6.45) is 5.88. The summed E-state index contributed by atoms with van der Waals surface area (Å²) in [4.78, 5) is 3.64. The van der Waals surface area contributed by atoms with Crippen LogP contribution in [-0.4, -0.2) is 10.6 Å². The molecule has 1 aliphatic heterocycles. The highest BCUT2D eigenvalue weighted by atomic mass is 16.5. The first kappa shape index (κ1) is 16.5. The lowest BCUT2D eigenvalue weighted by molar-refractivity contribution is 0.0524. The fraction of sp³-hybridized carbons (Fsp3) is 0.478. The highest BCUT2D eigenvalue weighted by Gasteiger charge is 2.33. The maximum atomic E-state index is 6.62. The lowest BCUT2D eigenvalue weighted by atomic mass is 9.86. The summed E-state index contributed by atoms with van der Waals surface area (Å²) in [6, 6.07) is 10.9. The van der Waals surface area contributed by atoms with Crippen LogP contribution < -0.4 is 4.74 Å². The number of hydrogen-bond donors (Lipinski definition) is 1. The van der Waals surface area contributed by atoms with Crippen LogP contribution in [0, 0.1) is 12.8 Å². The predicted octanol–water partition coefficient (Wildman–Crippen LogP) is 6.54. The molecule has 0 radical (unpaired) electrons. The smallest absolute Gasteiger partial charge is 0.128 e. The van der Waals surface area contributed by atoms with Gasteiger partial charge in [0.25, 0.3) is 0 Å². The third-order valence-electron chi connectivity index (χ3n) is 5.78. The minimum Gasteiger partial charge on any atom is -0.487 e. The average Bonchev–Trinajstić information content (AvgIpc) is 2.93. The summed E-state index contributed by atoms with van der Waals surface area (Å²) in [5.41, 5.74) is 5.10. The summed E-state index contributed by atoms with van der Waals surface area (Å²) >= 11 is 0. The van der Waals surface area contributed by atoms with E-state index in [-0.39, 0.29) is 5.60 Å². The molecule has 2 aromatic carbocycles. The largest absolute Gasteiger partial charge is 0.487 e. The first-order valence-electron chi connectivity index (χ1n) is 9.69. The molecule has 0 saturated carbocycles. The van der Waals surface area contributed by atoms with E-state index in [2.05, 4.69) is 63.0 Å². The Balaban J connectivity index is 1.72. The van der Waals surface area contributed by atoms with Crippen LogP contribution in [0.15, 0.2) is 30.3 Å². The second-order valence-electron chi connectivity index (χ2n) is 8.43. The molecule has 3 aromatic rings. The zero-order valence-electron chi connectivity index (χ0n) is 15.9. The lowest BCUT2D eigenvalue weighted by Gasteiger charge is -2.37. The Labute approximate surface area is 150 Å². The Hall–Kier alpha value is -1.96. The van der Waals surface area contributed by atoms with Gasteiger partial charge in [0.1, 0.15) is 11.4 Å². The maximum absolute atomic E-state index is 6.62. The van der Waals surface area contributed by atoms with Crippen molar-refractivity contribution in [3.63, 3.8) is 0 Å². The van der Waals surface area contributed by atoms with E-state index in [1.807, 2.05) is 0 Å². The van der Waals surface area contributed by atoms with Gasteiger partial charge in [0.15, 0.2) is 0 Å². The summed E-state index contributed by atoms with van der Waals surface area (Å²) in [7, 11) is 0. The van der Waals surface area contributed by atoms with Crippen LogP contribution in [0.25, 0.3) is 21.8 Å². The van der Waals surface area contributed by atoms with Crippen molar-refractivity contribution >= 4 is 21.8 Å². The number of aromatic nitrogens is 1. The Morgan fingerprint density at radius 1 is 1.20 bits per heavy atom. The first-order valence-corrected chi connectivity index (χ1v) is 9.69. The number of para-hydroxylation sites is 1. The quantitative estimate of drug-likeness (QED) is 0.575. The molecule has 1 N–H and O–H groups in total. The van der Waals surface area contributed by atoms with E-state index in [0.717, 1.165) is 30.9 Å². The van der Waals surface area contributed by atoms with Gasteiger partial charge in [0.2, 0.25) is 0 Å². The molecule has 0 bridgehead atoms. The Morgan fingerprint density at radius 3 is 2.80 bits per heavy atom. The molecule has 1 aliphatic rings. The van der Waals surface area contributed by atoms with Crippen LogP contribution in [0.1, 0.15) is 57.6 Å². The minimum atomic E-state index is -0.0215. The van der Waals surface area contributed by atoms with Crippen LogP contribution >= 0.6 is 0 Å². The van der Waals surface area contributed by atoms with Crippen molar-refractivity contribution in [2.75, 3.05) is 0 Å². The monoisotopic (exact) mass is 335 g/mol. The van der Waals surface area contributed by atoms with Crippen molar-refractivity contribution in [1.82, 2.24) is 4.98 Å². The predicted molar refractivity (Wildman–Crippen MR) is 107 cm³/mol. The molecule has 0 saturated heterocycles. The number of fused-ring (bicyclic) bond motifs is 5. The SMILES string of the molecule is Cc1cc2c([nH]c3ccccc32)c2c1OC(C)(CCCC(C)C)CC2. The van der Waals surface area contributed by atoms with Gasteiger partial charge in [0, 0.05) is 21.9 Å². The van der Waals surface area contributed by atoms with Crippen molar-refractivity contribution in [3.05, 3.63) is 41.5 Å². The van der Waals surface area contributed by atoms with E-state index in [1.54, 1.807) is 0 Å². The summed E-state index contributed by atoms with van der Waals surface area (Å²) < 4.78 is 6.62. The molecule has 4 rings (SSSR count). The number of hydrogen-bond acceptors (Lipinski definition) is 1. The molecule has 1 atom stereocenters. The van der Waals surface area contributed by atoms with Crippen molar-refractivity contribution < 1.29 is 4.74 Å². The molecule has 1 unspecified atom stereocenters. The van der Waals surface area contributed by atoms with Crippen LogP contribution in [0.4, 0.5) is 0 Å². The summed E-state index contributed by atoms with van der Waals surface area (Å²) in [5.74, 6) is 1.89. The molecule has 0 fully saturated rings. The molecule has 25 heavy (non-hydrogen) atoms. The Morgan fingerprint density at radius 2 is 2.00 bits per heavy atom. The third kappa shape index (κ3) is 2.92. The highest BCUT2D eigenvalue weighted by Crippen LogP contribution is 2.43. The molecule has 0 amide bonds. The zero-order valence-corrected chi connectivity index (χ0v) is 15.9. The second kappa shape index (κ2) is 6.09. The van der Waals surface area contributed by atoms with Crippen molar-refractivity contribution in [3.8, 4) is 5.75 Å². The van der Waals surface area contributed by atoms with E-state index < -0.39 is 0 Å². The number of ether oxygens (including phenoxy) is 1. The molecule has 2 nitrogen and oxygen atoms in total. The van der Waals surface area contributed by atoms with Gasteiger partial charge in [-0.05, 0) is 63.1 Å². The van der Waals surface area contributed by atoms with Gasteiger partial charge in [-0.25, -0.2) is 0 Å². The van der Waals surface area contributed by atoms with Crippen LogP contribution in [0.2, 0.25) is 0 Å². The standard InChI is InChI=1S/C23H29NO/c1-15(2)8-7-12-23(4)13-11-18-21-19(14-16(3)22(18)25-23)17-9-5-6-10-20(17)24-21/h5-6,9-10,14-15,24H,7-8,11-13H2,1-4H3. The van der Waals surface area contributed by atoms with E-state index in [9.17, 15) is 0 Å². The Bertz CT molecular complexity index is 921. The molecular formula is C23H29NO. The fourth-order valence-corrected chi connectivity index (χ4v) is 4.31. The fourth-order valence-electron chi connectivity index (χ4n) is 4.31. The van der Waals surface area contributed by atoms with Crippen molar-refractivity contribution in [1.29, 1.82) is 0 Å². The summed E-state index contributed by atoms with van der Waals surface area (Å²) in [6.45, 7) is 9.09. The number of H-pyrrole nitrogens is 1. The van der Waals surface area contributed by atoms with Gasteiger partial charge < -0.3 is 9.72 Å². The van der Waals surface area contributed by atoms with Gasteiger partial charge in [-0.15, -0.1) is 0 Å². The second-order valence-corrected chi connectivity index (χ2v) is 8.43. The third-order valence-corrected chi connectivity index (χ3v) is 5.78. The molecule has 0 aliphatic carbocycles. The van der Waals surface area contributed by atoms with E-state index in [4.69, 9.17) is 4.74 Å². The van der Waals surface area contributed by atoms with E-state index >= 15 is 0 Å². The van der Waals surface area contributed by atoms with Gasteiger partial charge in [-0.2, -0.15) is 0 Å². The average molecular weight is 335 g/mol. The van der Waals surface area contributed by atoms with Crippen LogP contribution in [0.5, 0.6) is 5.75 Å². The number of benzene rings is 2. The molecule has 0 spiro atoms. The minimum absolute atomic E-state index is 0.0215. The van der Waals surface area contributed by atoms with Crippen LogP contribution in [0.3, 0.4) is 0 Å². The number of aromatic amines is 1. The molecular weight excluding hydrogens is 306 g/mol. The molecule has 1 aromatic heterocycles. The first-order chi connectivity index (χ1) is 12.0. The van der Waals surface area contributed by atoms with Gasteiger partial charge in [0.05, 0.1) is 5.52 Å². The highest BCUT2D eigenvalue weighted by molar-refractivity contribution is 6.09. The van der Waals surface area contributed by atoms with Crippen molar-refractivity contribution in [2.45, 2.75) is 65.4 Å². The topological polar surface area (TPSA) is 25.0 Å². The summed E-state index contributed by atoms with van der Waals surface area (Å²) in [5, 5.41) is 2.65. The lowest BCUT2D eigenvalue weighted by Crippen LogP contribution is -2.36. The van der Waals surface area contributed by atoms with E-state index in [0.29, 0.717) is 0 Å². The molecule has 2 heterocycles. The normalized spacial score (nSPS) is 20.2. The van der Waals surface area contributed by atoms with Gasteiger partial charge in [-0.1, -0.05) is 38.5 Å². The number of rotatable bonds is 4. The molecule has 2 heteroatoms. The molecule has 132 valence electrons. The number of aryl methyl sites for hydroxylation is 2. The van der Waals surface area contributed by atoms with Crippen molar-refractivity contribution in [2.24, 2.45) is 5.92 Å².